The molecule has 1 aromatic carbocycles. The van der Waals surface area contributed by atoms with Gasteiger partial charge >= 0.3 is 5.91 Å². The second-order valence-electron chi connectivity index (χ2n) is 5.27. The van der Waals surface area contributed by atoms with Gasteiger partial charge in [-0.25, -0.2) is 0 Å². The Labute approximate surface area is 145 Å². The Morgan fingerprint density at radius 3 is 2.75 bits per heavy atom. The van der Waals surface area contributed by atoms with E-state index in [-0.39, 0.29) is 10.9 Å². The summed E-state index contributed by atoms with van der Waals surface area (Å²) in [7, 11) is 5.43. The number of methoxy groups -OCH3 is 1. The van der Waals surface area contributed by atoms with E-state index in [2.05, 4.69) is 16.2 Å². The summed E-state index contributed by atoms with van der Waals surface area (Å²) >= 11 is 5.13. The van der Waals surface area contributed by atoms with Crippen LogP contribution in [0, 0.1) is 0 Å². The molecular weight excluding hydrogens is 328 g/mol. The summed E-state index contributed by atoms with van der Waals surface area (Å²) < 4.78 is 10.6. The van der Waals surface area contributed by atoms with E-state index in [1.54, 1.807) is 25.3 Å². The van der Waals surface area contributed by atoms with E-state index in [0.29, 0.717) is 18.1 Å². The first-order valence-corrected chi connectivity index (χ1v) is 7.63. The number of rotatable bonds is 5. The molecule has 7 nitrogen and oxygen atoms in total. The van der Waals surface area contributed by atoms with E-state index in [1.165, 1.54) is 0 Å². The van der Waals surface area contributed by atoms with Crippen molar-refractivity contribution in [2.45, 2.75) is 6.54 Å². The lowest BCUT2D eigenvalue weighted by Gasteiger charge is -2.11. The number of ether oxygens (including phenoxy) is 1. The van der Waals surface area contributed by atoms with Crippen LogP contribution in [0.25, 0.3) is 0 Å². The average molecular weight is 348 g/mol. The van der Waals surface area contributed by atoms with Gasteiger partial charge < -0.3 is 19.4 Å². The van der Waals surface area contributed by atoms with Gasteiger partial charge in [-0.15, -0.1) is 0 Å². The molecule has 1 amide bonds. The fourth-order valence-corrected chi connectivity index (χ4v) is 2.10. The zero-order valence-electron chi connectivity index (χ0n) is 13.8. The molecule has 0 saturated heterocycles. The highest BCUT2D eigenvalue weighted by atomic mass is 32.1. The van der Waals surface area contributed by atoms with Gasteiger partial charge in [-0.05, 0) is 50.6 Å². The third kappa shape index (κ3) is 5.25. The normalized spacial score (nSPS) is 10.3. The standard InChI is InChI=1S/C16H20N4O3S/c1-20(2)10-13-7-8-14(23-13)15(21)18-19-16(24)17-11-5-4-6-12(9-11)22-3/h4-9H,10H2,1-3H3,(H,18,21)(H2,17,19,24). The van der Waals surface area contributed by atoms with Gasteiger partial charge in [-0.1, -0.05) is 6.07 Å². The van der Waals surface area contributed by atoms with Gasteiger partial charge in [0.2, 0.25) is 0 Å². The highest BCUT2D eigenvalue weighted by molar-refractivity contribution is 7.80. The van der Waals surface area contributed by atoms with Crippen molar-refractivity contribution in [2.24, 2.45) is 0 Å². The third-order valence-electron chi connectivity index (χ3n) is 2.97. The highest BCUT2D eigenvalue weighted by Crippen LogP contribution is 2.16. The van der Waals surface area contributed by atoms with Crippen LogP contribution in [0.3, 0.4) is 0 Å². The Bertz CT molecular complexity index is 715. The number of hydrogen-bond acceptors (Lipinski definition) is 5. The first kappa shape index (κ1) is 17.8. The van der Waals surface area contributed by atoms with Crippen LogP contribution in [-0.4, -0.2) is 37.1 Å². The van der Waals surface area contributed by atoms with Crippen molar-refractivity contribution in [3.8, 4) is 5.75 Å². The molecule has 0 aliphatic carbocycles. The summed E-state index contributed by atoms with van der Waals surface area (Å²) in [6.45, 7) is 0.622. The zero-order valence-corrected chi connectivity index (χ0v) is 14.6. The van der Waals surface area contributed by atoms with Crippen molar-refractivity contribution < 1.29 is 13.9 Å². The van der Waals surface area contributed by atoms with Gasteiger partial charge in [0.15, 0.2) is 10.9 Å². The molecule has 0 fully saturated rings. The molecule has 0 bridgehead atoms. The molecule has 0 spiro atoms. The minimum Gasteiger partial charge on any atom is -0.497 e. The van der Waals surface area contributed by atoms with Crippen LogP contribution < -0.4 is 20.9 Å². The van der Waals surface area contributed by atoms with Crippen molar-refractivity contribution in [3.63, 3.8) is 0 Å². The van der Waals surface area contributed by atoms with Gasteiger partial charge in [0.25, 0.3) is 0 Å². The van der Waals surface area contributed by atoms with Gasteiger partial charge in [-0.3, -0.25) is 15.6 Å². The smallest absolute Gasteiger partial charge is 0.305 e. The fraction of sp³-hybridized carbons (Fsp3) is 0.250. The van der Waals surface area contributed by atoms with E-state index >= 15 is 0 Å². The van der Waals surface area contributed by atoms with Crippen LogP contribution in [0.5, 0.6) is 5.75 Å². The first-order chi connectivity index (χ1) is 11.5. The topological polar surface area (TPSA) is 78.8 Å². The van der Waals surface area contributed by atoms with Gasteiger partial charge in [0.05, 0.1) is 13.7 Å². The molecule has 24 heavy (non-hydrogen) atoms. The number of hydrazine groups is 1. The molecule has 0 aliphatic heterocycles. The minimum atomic E-state index is -0.408. The first-order valence-electron chi connectivity index (χ1n) is 7.23. The zero-order chi connectivity index (χ0) is 17.5. The molecule has 0 unspecified atom stereocenters. The monoisotopic (exact) mass is 348 g/mol. The van der Waals surface area contributed by atoms with Crippen molar-refractivity contribution in [1.82, 2.24) is 15.8 Å². The lowest BCUT2D eigenvalue weighted by Crippen LogP contribution is -2.43. The highest BCUT2D eigenvalue weighted by Gasteiger charge is 2.11. The quantitative estimate of drug-likeness (QED) is 0.563. The summed E-state index contributed by atoms with van der Waals surface area (Å²) in [6.07, 6.45) is 0. The van der Waals surface area contributed by atoms with Crippen molar-refractivity contribution in [2.75, 3.05) is 26.5 Å². The number of hydrogen-bond donors (Lipinski definition) is 3. The number of nitrogens with zero attached hydrogens (tertiary/aromatic N) is 1. The molecule has 3 N–H and O–H groups in total. The fourth-order valence-electron chi connectivity index (χ4n) is 1.93. The minimum absolute atomic E-state index is 0.212. The predicted molar refractivity (Wildman–Crippen MR) is 95.9 cm³/mol. The molecule has 1 heterocycles. The van der Waals surface area contributed by atoms with Crippen LogP contribution in [0.1, 0.15) is 16.3 Å². The molecule has 8 heteroatoms. The molecule has 2 rings (SSSR count). The van der Waals surface area contributed by atoms with Gasteiger partial charge in [-0.2, -0.15) is 0 Å². The lowest BCUT2D eigenvalue weighted by molar-refractivity contribution is 0.0913. The predicted octanol–water partition coefficient (Wildman–Crippen LogP) is 1.98. The van der Waals surface area contributed by atoms with Crippen LogP contribution in [-0.2, 0) is 6.54 Å². The van der Waals surface area contributed by atoms with Crippen molar-refractivity contribution in [3.05, 3.63) is 47.9 Å². The van der Waals surface area contributed by atoms with Crippen LogP contribution in [0.15, 0.2) is 40.8 Å². The summed E-state index contributed by atoms with van der Waals surface area (Å²) in [6, 6.07) is 10.7. The number of carbonyl (C=O) groups excluding carboxylic acids is 1. The molecule has 0 saturated carbocycles. The molecule has 2 aromatic rings. The Hall–Kier alpha value is -2.58. The largest absolute Gasteiger partial charge is 0.497 e. The number of nitrogens with one attached hydrogen (secondary N) is 3. The summed E-state index contributed by atoms with van der Waals surface area (Å²) in [4.78, 5) is 14.0. The SMILES string of the molecule is COc1cccc(NC(=S)NNC(=O)c2ccc(CN(C)C)o2)c1. The van der Waals surface area contributed by atoms with E-state index in [1.807, 2.05) is 37.2 Å². The maximum Gasteiger partial charge on any atom is 0.305 e. The molecule has 128 valence electrons. The number of amides is 1. The van der Waals surface area contributed by atoms with Gasteiger partial charge in [0, 0.05) is 11.8 Å². The number of furan rings is 1. The van der Waals surface area contributed by atoms with Gasteiger partial charge in [0.1, 0.15) is 11.5 Å². The van der Waals surface area contributed by atoms with E-state index < -0.39 is 5.91 Å². The van der Waals surface area contributed by atoms with E-state index in [0.717, 1.165) is 5.69 Å². The third-order valence-corrected chi connectivity index (χ3v) is 3.18. The van der Waals surface area contributed by atoms with Crippen molar-refractivity contribution >= 4 is 28.9 Å². The second kappa shape index (κ2) is 8.32. The number of benzene rings is 1. The Kier molecular flexibility index (Phi) is 6.16. The maximum atomic E-state index is 12.0. The molecule has 0 aliphatic rings. The van der Waals surface area contributed by atoms with Crippen LogP contribution in [0.4, 0.5) is 5.69 Å². The van der Waals surface area contributed by atoms with Crippen molar-refractivity contribution in [1.29, 1.82) is 0 Å². The molecule has 0 atom stereocenters. The Balaban J connectivity index is 1.84. The molecule has 1 aromatic heterocycles. The van der Waals surface area contributed by atoms with Crippen LogP contribution >= 0.6 is 12.2 Å². The average Bonchev–Trinajstić information content (AvgIpc) is 3.00. The summed E-state index contributed by atoms with van der Waals surface area (Å²) in [5.74, 6) is 1.22. The summed E-state index contributed by atoms with van der Waals surface area (Å²) in [5.41, 5.74) is 5.85. The number of carbonyl (C=O) groups is 1. The lowest BCUT2D eigenvalue weighted by atomic mass is 10.3. The number of thiocarbonyl (C=S) groups is 1. The number of anilines is 1. The Morgan fingerprint density at radius 1 is 1.25 bits per heavy atom. The molecular formula is C16H20N4O3S. The van der Waals surface area contributed by atoms with E-state index in [4.69, 9.17) is 21.4 Å². The second-order valence-corrected chi connectivity index (χ2v) is 5.68. The molecule has 0 radical (unpaired) electrons. The maximum absolute atomic E-state index is 12.0. The van der Waals surface area contributed by atoms with Crippen LogP contribution in [0.2, 0.25) is 0 Å². The Morgan fingerprint density at radius 2 is 2.04 bits per heavy atom. The summed E-state index contributed by atoms with van der Waals surface area (Å²) in [5, 5.41) is 3.19. The van der Waals surface area contributed by atoms with E-state index in [9.17, 15) is 4.79 Å².